The molecule has 0 spiro atoms. The van der Waals surface area contributed by atoms with Gasteiger partial charge in [0, 0.05) is 19.2 Å². The van der Waals surface area contributed by atoms with Crippen LogP contribution in [-0.4, -0.2) is 66.2 Å². The van der Waals surface area contributed by atoms with Crippen LogP contribution in [0.1, 0.15) is 32.0 Å². The van der Waals surface area contributed by atoms with Gasteiger partial charge < -0.3 is 24.2 Å². The number of pyridine rings is 1. The number of morpholine rings is 1. The van der Waals surface area contributed by atoms with Crippen molar-refractivity contribution in [1.82, 2.24) is 9.88 Å². The lowest BCUT2D eigenvalue weighted by molar-refractivity contribution is -0.0152. The normalized spacial score (nSPS) is 15.5. The topological polar surface area (TPSA) is 98.2 Å². The molecule has 0 bridgehead atoms. The highest BCUT2D eigenvalue weighted by Gasteiger charge is 2.30. The number of hydrogen-bond donors (Lipinski definition) is 1. The Hall–Kier alpha value is -3.75. The summed E-state index contributed by atoms with van der Waals surface area (Å²) >= 11 is 0. The highest BCUT2D eigenvalue weighted by molar-refractivity contribution is 5.95. The number of aromatic nitrogens is 1. The minimum atomic E-state index is -0.361. The smallest absolute Gasteiger partial charge is 0.256 e. The SMILES string of the molecule is O=Cc1c(O)cccc1OC[C@@H]1COCCN1C(=O)c1cccnc1CCOCc1ccccc1. The molecule has 1 aliphatic rings. The van der Waals surface area contributed by atoms with Gasteiger partial charge in [-0.05, 0) is 29.8 Å². The standard InChI is InChI=1S/C27H28N2O6/c30-16-23-25(31)9-4-10-26(23)35-19-21-18-34-15-13-29(21)27(32)22-8-5-12-28-24(22)11-14-33-17-20-6-2-1-3-7-20/h1-10,12,16,21,31H,11,13-15,17-19H2/t21-/m0/s1. The van der Waals surface area contributed by atoms with Crippen LogP contribution in [0, 0.1) is 0 Å². The van der Waals surface area contributed by atoms with Crippen LogP contribution in [0.3, 0.4) is 0 Å². The number of aldehydes is 1. The van der Waals surface area contributed by atoms with E-state index < -0.39 is 0 Å². The third-order valence-corrected chi connectivity index (χ3v) is 5.80. The zero-order chi connectivity index (χ0) is 24.5. The number of amides is 1. The Morgan fingerprint density at radius 2 is 2.00 bits per heavy atom. The second-order valence-corrected chi connectivity index (χ2v) is 8.13. The molecule has 0 unspecified atom stereocenters. The number of hydrogen-bond acceptors (Lipinski definition) is 7. The molecule has 1 aliphatic heterocycles. The molecule has 1 fully saturated rings. The van der Waals surface area contributed by atoms with Gasteiger partial charge in [-0.15, -0.1) is 0 Å². The molecule has 0 saturated carbocycles. The molecule has 2 heterocycles. The van der Waals surface area contributed by atoms with Crippen LogP contribution in [0.4, 0.5) is 0 Å². The lowest BCUT2D eigenvalue weighted by Gasteiger charge is -2.35. The van der Waals surface area contributed by atoms with Gasteiger partial charge in [0.25, 0.3) is 5.91 Å². The number of phenols is 1. The molecule has 1 aromatic heterocycles. The average Bonchev–Trinajstić information content (AvgIpc) is 2.90. The maximum absolute atomic E-state index is 13.5. The van der Waals surface area contributed by atoms with E-state index in [4.69, 9.17) is 14.2 Å². The molecule has 1 amide bonds. The fraction of sp³-hybridized carbons (Fsp3) is 0.296. The number of aromatic hydroxyl groups is 1. The summed E-state index contributed by atoms with van der Waals surface area (Å²) in [5.41, 5.74) is 2.36. The Morgan fingerprint density at radius 1 is 1.14 bits per heavy atom. The summed E-state index contributed by atoms with van der Waals surface area (Å²) in [6, 6.07) is 17.7. The second-order valence-electron chi connectivity index (χ2n) is 8.13. The molecular weight excluding hydrogens is 448 g/mol. The lowest BCUT2D eigenvalue weighted by atomic mass is 10.1. The van der Waals surface area contributed by atoms with E-state index in [1.807, 2.05) is 30.3 Å². The average molecular weight is 477 g/mol. The van der Waals surface area contributed by atoms with E-state index in [1.54, 1.807) is 35.4 Å². The van der Waals surface area contributed by atoms with Crippen molar-refractivity contribution in [3.63, 3.8) is 0 Å². The van der Waals surface area contributed by atoms with E-state index in [9.17, 15) is 14.7 Å². The highest BCUT2D eigenvalue weighted by atomic mass is 16.5. The van der Waals surface area contributed by atoms with Crippen molar-refractivity contribution in [2.75, 3.05) is 33.0 Å². The molecule has 182 valence electrons. The van der Waals surface area contributed by atoms with Crippen LogP contribution in [0.25, 0.3) is 0 Å². The summed E-state index contributed by atoms with van der Waals surface area (Å²) in [5.74, 6) is -0.0463. The largest absolute Gasteiger partial charge is 0.507 e. The van der Waals surface area contributed by atoms with Crippen LogP contribution in [-0.2, 0) is 22.5 Å². The monoisotopic (exact) mass is 476 g/mol. The number of carbonyl (C=O) groups excluding carboxylic acids is 2. The number of rotatable bonds is 10. The van der Waals surface area contributed by atoms with Crippen molar-refractivity contribution in [3.8, 4) is 11.5 Å². The summed E-state index contributed by atoms with van der Waals surface area (Å²) in [6.45, 7) is 2.18. The Bertz CT molecular complexity index is 1140. The Labute approximate surface area is 204 Å². The minimum Gasteiger partial charge on any atom is -0.507 e. The molecule has 1 N–H and O–H groups in total. The quantitative estimate of drug-likeness (QED) is 0.354. The van der Waals surface area contributed by atoms with E-state index in [2.05, 4.69) is 4.98 Å². The van der Waals surface area contributed by atoms with Crippen molar-refractivity contribution >= 4 is 12.2 Å². The summed E-state index contributed by atoms with van der Waals surface area (Å²) in [7, 11) is 0. The Balaban J connectivity index is 1.40. The second kappa shape index (κ2) is 12.1. The van der Waals surface area contributed by atoms with Crippen molar-refractivity contribution in [1.29, 1.82) is 0 Å². The van der Waals surface area contributed by atoms with Crippen molar-refractivity contribution in [3.05, 3.63) is 89.2 Å². The Morgan fingerprint density at radius 3 is 2.83 bits per heavy atom. The van der Waals surface area contributed by atoms with E-state index in [-0.39, 0.29) is 35.6 Å². The zero-order valence-corrected chi connectivity index (χ0v) is 19.3. The number of nitrogens with zero attached hydrogens (tertiary/aromatic N) is 2. The predicted octanol–water partition coefficient (Wildman–Crippen LogP) is 3.28. The number of ether oxygens (including phenoxy) is 3. The fourth-order valence-corrected chi connectivity index (χ4v) is 3.94. The molecule has 4 rings (SSSR count). The summed E-state index contributed by atoms with van der Waals surface area (Å²) in [6.07, 6.45) is 2.73. The first-order chi connectivity index (χ1) is 17.2. The molecule has 3 aromatic rings. The zero-order valence-electron chi connectivity index (χ0n) is 19.3. The maximum Gasteiger partial charge on any atom is 0.256 e. The maximum atomic E-state index is 13.5. The van der Waals surface area contributed by atoms with Crippen LogP contribution in [0.5, 0.6) is 11.5 Å². The molecule has 8 nitrogen and oxygen atoms in total. The van der Waals surface area contributed by atoms with Crippen molar-refractivity contribution in [2.45, 2.75) is 19.1 Å². The van der Waals surface area contributed by atoms with Gasteiger partial charge in [-0.2, -0.15) is 0 Å². The molecule has 1 atom stereocenters. The van der Waals surface area contributed by atoms with Crippen LogP contribution < -0.4 is 4.74 Å². The third-order valence-electron chi connectivity index (χ3n) is 5.80. The molecule has 2 aromatic carbocycles. The molecule has 8 heteroatoms. The van der Waals surface area contributed by atoms with Crippen LogP contribution in [0.2, 0.25) is 0 Å². The number of benzene rings is 2. The van der Waals surface area contributed by atoms with Crippen molar-refractivity contribution < 1.29 is 28.9 Å². The van der Waals surface area contributed by atoms with E-state index in [1.165, 1.54) is 6.07 Å². The molecular formula is C27H28N2O6. The molecule has 35 heavy (non-hydrogen) atoms. The van der Waals surface area contributed by atoms with Gasteiger partial charge in [0.05, 0.1) is 49.3 Å². The van der Waals surface area contributed by atoms with Gasteiger partial charge in [0.15, 0.2) is 6.29 Å². The number of carbonyl (C=O) groups is 2. The van der Waals surface area contributed by atoms with Crippen molar-refractivity contribution in [2.24, 2.45) is 0 Å². The van der Waals surface area contributed by atoms with Crippen LogP contribution in [0.15, 0.2) is 66.9 Å². The fourth-order valence-electron chi connectivity index (χ4n) is 3.94. The number of phenolic OH excluding ortho intramolecular Hbond substituents is 1. The van der Waals surface area contributed by atoms with Gasteiger partial charge in [-0.3, -0.25) is 14.6 Å². The minimum absolute atomic E-state index is 0.0761. The van der Waals surface area contributed by atoms with E-state index >= 15 is 0 Å². The molecule has 1 saturated heterocycles. The van der Waals surface area contributed by atoms with Gasteiger partial charge in [0.1, 0.15) is 18.1 Å². The summed E-state index contributed by atoms with van der Waals surface area (Å²) in [4.78, 5) is 31.0. The van der Waals surface area contributed by atoms with Gasteiger partial charge in [-0.25, -0.2) is 0 Å². The first kappa shape index (κ1) is 24.4. The van der Waals surface area contributed by atoms with Crippen LogP contribution >= 0.6 is 0 Å². The molecule has 0 aliphatic carbocycles. The Kier molecular flexibility index (Phi) is 8.43. The predicted molar refractivity (Wildman–Crippen MR) is 129 cm³/mol. The summed E-state index contributed by atoms with van der Waals surface area (Å²) < 4.78 is 17.2. The summed E-state index contributed by atoms with van der Waals surface area (Å²) in [5, 5.41) is 9.88. The van der Waals surface area contributed by atoms with E-state index in [0.29, 0.717) is 56.9 Å². The first-order valence-electron chi connectivity index (χ1n) is 11.5. The van der Waals surface area contributed by atoms with Gasteiger partial charge >= 0.3 is 0 Å². The van der Waals surface area contributed by atoms with Gasteiger partial charge in [0.2, 0.25) is 0 Å². The van der Waals surface area contributed by atoms with Gasteiger partial charge in [-0.1, -0.05) is 36.4 Å². The van der Waals surface area contributed by atoms with E-state index in [0.717, 1.165) is 5.56 Å². The molecule has 0 radical (unpaired) electrons. The lowest BCUT2D eigenvalue weighted by Crippen LogP contribution is -2.51. The highest BCUT2D eigenvalue weighted by Crippen LogP contribution is 2.26. The third kappa shape index (κ3) is 6.23. The first-order valence-corrected chi connectivity index (χ1v) is 11.5.